The summed E-state index contributed by atoms with van der Waals surface area (Å²) in [6.07, 6.45) is 0.778. The summed E-state index contributed by atoms with van der Waals surface area (Å²) >= 11 is 1.59. The zero-order chi connectivity index (χ0) is 13.4. The van der Waals surface area contributed by atoms with Crippen LogP contribution < -0.4 is 0 Å². The van der Waals surface area contributed by atoms with Crippen LogP contribution in [0.2, 0.25) is 0 Å². The Labute approximate surface area is 108 Å². The highest BCUT2D eigenvalue weighted by molar-refractivity contribution is 8.00. The fourth-order valence-corrected chi connectivity index (χ4v) is 2.64. The summed E-state index contributed by atoms with van der Waals surface area (Å²) in [7, 11) is 0. The Morgan fingerprint density at radius 1 is 1.29 bits per heavy atom. The van der Waals surface area contributed by atoms with Crippen molar-refractivity contribution < 1.29 is 14.7 Å². The molecule has 0 aliphatic rings. The summed E-state index contributed by atoms with van der Waals surface area (Å²) in [6, 6.07) is 0. The van der Waals surface area contributed by atoms with Crippen molar-refractivity contribution in [1.82, 2.24) is 4.90 Å². The molecule has 0 spiro atoms. The summed E-state index contributed by atoms with van der Waals surface area (Å²) in [5.74, 6) is 0.0919. The van der Waals surface area contributed by atoms with E-state index in [0.29, 0.717) is 6.54 Å². The zero-order valence-electron chi connectivity index (χ0n) is 11.1. The first-order chi connectivity index (χ1) is 7.93. The third kappa shape index (κ3) is 5.96. The second-order valence-corrected chi connectivity index (χ2v) is 5.69. The molecule has 100 valence electrons. The van der Waals surface area contributed by atoms with Gasteiger partial charge in [-0.1, -0.05) is 27.7 Å². The Hall–Kier alpha value is -0.710. The molecule has 0 aliphatic carbocycles. The molecule has 0 rings (SSSR count). The van der Waals surface area contributed by atoms with E-state index in [1.54, 1.807) is 11.8 Å². The molecule has 0 aromatic heterocycles. The van der Waals surface area contributed by atoms with Crippen molar-refractivity contribution in [3.05, 3.63) is 0 Å². The van der Waals surface area contributed by atoms with Gasteiger partial charge in [0.25, 0.3) is 0 Å². The van der Waals surface area contributed by atoms with Crippen molar-refractivity contribution >= 4 is 23.6 Å². The van der Waals surface area contributed by atoms with Crippen molar-refractivity contribution in [3.8, 4) is 0 Å². The predicted molar refractivity (Wildman–Crippen MR) is 71.3 cm³/mol. The van der Waals surface area contributed by atoms with Gasteiger partial charge in [0, 0.05) is 6.54 Å². The normalized spacial score (nSPS) is 12.5. The van der Waals surface area contributed by atoms with Crippen LogP contribution in [0, 0.1) is 5.92 Å². The average molecular weight is 261 g/mol. The summed E-state index contributed by atoms with van der Waals surface area (Å²) in [4.78, 5) is 24.4. The van der Waals surface area contributed by atoms with Crippen molar-refractivity contribution in [2.24, 2.45) is 5.92 Å². The van der Waals surface area contributed by atoms with Crippen LogP contribution in [0.4, 0.5) is 0 Å². The number of hydrogen-bond donors (Lipinski definition) is 1. The Bertz CT molecular complexity index is 256. The number of carboxylic acid groups (broad SMARTS) is 1. The molecule has 0 heterocycles. The number of nitrogens with zero attached hydrogens (tertiary/aromatic N) is 1. The first-order valence-corrected chi connectivity index (χ1v) is 7.11. The number of aliphatic carboxylic acids is 1. The van der Waals surface area contributed by atoms with Crippen LogP contribution in [-0.2, 0) is 9.59 Å². The van der Waals surface area contributed by atoms with Gasteiger partial charge >= 0.3 is 5.97 Å². The first-order valence-electron chi connectivity index (χ1n) is 6.06. The molecule has 1 amide bonds. The second kappa shape index (κ2) is 8.39. The molecule has 0 fully saturated rings. The quantitative estimate of drug-likeness (QED) is 0.727. The largest absolute Gasteiger partial charge is 0.480 e. The van der Waals surface area contributed by atoms with E-state index in [4.69, 9.17) is 5.11 Å². The number of amides is 1. The molecule has 1 atom stereocenters. The van der Waals surface area contributed by atoms with Crippen LogP contribution in [0.1, 0.15) is 34.1 Å². The highest BCUT2D eigenvalue weighted by Gasteiger charge is 2.27. The number of hydrogen-bond acceptors (Lipinski definition) is 3. The lowest BCUT2D eigenvalue weighted by Crippen LogP contribution is -2.43. The molecular formula is C12H23NO3S. The van der Waals surface area contributed by atoms with E-state index in [-0.39, 0.29) is 23.6 Å². The van der Waals surface area contributed by atoms with Crippen LogP contribution in [0.3, 0.4) is 0 Å². The highest BCUT2D eigenvalue weighted by Crippen LogP contribution is 2.21. The van der Waals surface area contributed by atoms with Gasteiger partial charge in [0.15, 0.2) is 0 Å². The van der Waals surface area contributed by atoms with Crippen LogP contribution in [-0.4, -0.2) is 46.0 Å². The van der Waals surface area contributed by atoms with E-state index in [1.807, 2.05) is 27.7 Å². The fourth-order valence-electron chi connectivity index (χ4n) is 1.61. The topological polar surface area (TPSA) is 57.6 Å². The van der Waals surface area contributed by atoms with Gasteiger partial charge in [-0.25, -0.2) is 0 Å². The van der Waals surface area contributed by atoms with Gasteiger partial charge in [-0.2, -0.15) is 0 Å². The van der Waals surface area contributed by atoms with Crippen LogP contribution in [0.25, 0.3) is 0 Å². The van der Waals surface area contributed by atoms with Crippen molar-refractivity contribution in [3.63, 3.8) is 0 Å². The summed E-state index contributed by atoms with van der Waals surface area (Å²) in [5.41, 5.74) is 0. The van der Waals surface area contributed by atoms with Gasteiger partial charge in [0.1, 0.15) is 6.54 Å². The third-order valence-corrected chi connectivity index (χ3v) is 3.76. The molecule has 0 saturated heterocycles. The number of carbonyl (C=O) groups excluding carboxylic acids is 1. The molecule has 0 aromatic carbocycles. The Morgan fingerprint density at radius 2 is 1.88 bits per heavy atom. The van der Waals surface area contributed by atoms with E-state index < -0.39 is 5.97 Å². The van der Waals surface area contributed by atoms with Gasteiger partial charge in [-0.05, 0) is 18.1 Å². The second-order valence-electron chi connectivity index (χ2n) is 4.27. The smallest absolute Gasteiger partial charge is 0.323 e. The molecule has 1 unspecified atom stereocenters. The maximum absolute atomic E-state index is 12.2. The van der Waals surface area contributed by atoms with Gasteiger partial charge in [-0.15, -0.1) is 11.8 Å². The molecular weight excluding hydrogens is 238 g/mol. The van der Waals surface area contributed by atoms with Crippen molar-refractivity contribution in [2.75, 3.05) is 18.8 Å². The standard InChI is InChI=1S/C12H23NO3S/c1-5-7-13(8-10(14)15)12(16)11(9(3)4)17-6-2/h9,11H,5-8H2,1-4H3,(H,14,15). The molecule has 0 saturated carbocycles. The van der Waals surface area contributed by atoms with E-state index in [0.717, 1.165) is 12.2 Å². The minimum atomic E-state index is -0.948. The molecule has 1 N–H and O–H groups in total. The SMILES string of the molecule is CCCN(CC(=O)O)C(=O)C(SCC)C(C)C. The molecule has 0 aromatic rings. The maximum Gasteiger partial charge on any atom is 0.323 e. The predicted octanol–water partition coefficient (Wildman–Crippen LogP) is 2.09. The Balaban J connectivity index is 4.70. The summed E-state index contributed by atoms with van der Waals surface area (Å²) in [6.45, 7) is 8.26. The van der Waals surface area contributed by atoms with E-state index >= 15 is 0 Å². The first kappa shape index (κ1) is 16.3. The molecule has 0 radical (unpaired) electrons. The van der Waals surface area contributed by atoms with Crippen LogP contribution in [0.5, 0.6) is 0 Å². The molecule has 0 bridgehead atoms. The number of carboxylic acids is 1. The molecule has 5 heteroatoms. The highest BCUT2D eigenvalue weighted by atomic mass is 32.2. The number of thioether (sulfide) groups is 1. The van der Waals surface area contributed by atoms with Crippen LogP contribution >= 0.6 is 11.8 Å². The lowest BCUT2D eigenvalue weighted by atomic mass is 10.1. The third-order valence-electron chi connectivity index (χ3n) is 2.33. The van der Waals surface area contributed by atoms with E-state index in [1.165, 1.54) is 4.90 Å². The summed E-state index contributed by atoms with van der Waals surface area (Å²) in [5, 5.41) is 8.68. The average Bonchev–Trinajstić information content (AvgIpc) is 2.23. The summed E-state index contributed by atoms with van der Waals surface area (Å²) < 4.78 is 0. The minimum absolute atomic E-state index is 0.0453. The van der Waals surface area contributed by atoms with E-state index in [9.17, 15) is 9.59 Å². The van der Waals surface area contributed by atoms with E-state index in [2.05, 4.69) is 0 Å². The Kier molecular flexibility index (Phi) is 8.04. The lowest BCUT2D eigenvalue weighted by molar-refractivity contribution is -0.144. The van der Waals surface area contributed by atoms with Crippen molar-refractivity contribution in [2.45, 2.75) is 39.4 Å². The maximum atomic E-state index is 12.2. The lowest BCUT2D eigenvalue weighted by Gasteiger charge is -2.27. The number of carbonyl (C=O) groups is 2. The minimum Gasteiger partial charge on any atom is -0.480 e. The number of rotatable bonds is 8. The van der Waals surface area contributed by atoms with Crippen molar-refractivity contribution in [1.29, 1.82) is 0 Å². The van der Waals surface area contributed by atoms with Gasteiger partial charge < -0.3 is 10.0 Å². The Morgan fingerprint density at radius 3 is 2.24 bits per heavy atom. The molecule has 17 heavy (non-hydrogen) atoms. The van der Waals surface area contributed by atoms with Gasteiger partial charge in [-0.3, -0.25) is 9.59 Å². The molecule has 4 nitrogen and oxygen atoms in total. The fraction of sp³-hybridized carbons (Fsp3) is 0.833. The zero-order valence-corrected chi connectivity index (χ0v) is 11.9. The molecule has 0 aliphatic heterocycles. The van der Waals surface area contributed by atoms with Gasteiger partial charge in [0.2, 0.25) is 5.91 Å². The monoisotopic (exact) mass is 261 g/mol. The van der Waals surface area contributed by atoms with Gasteiger partial charge in [0.05, 0.1) is 5.25 Å². The van der Waals surface area contributed by atoms with Crippen LogP contribution in [0.15, 0.2) is 0 Å².